The van der Waals surface area contributed by atoms with E-state index in [2.05, 4.69) is 102 Å². The number of hydrogen-bond donors (Lipinski definition) is 0. The minimum absolute atomic E-state index is 0.171. The Bertz CT molecular complexity index is 1130. The Kier molecular flexibility index (Phi) is 5.83. The molecule has 2 heterocycles. The van der Waals surface area contributed by atoms with Crippen molar-refractivity contribution in [2.75, 3.05) is 0 Å². The largest absolute Gasteiger partial charge is 0.255 e. The molecular weight excluding hydrogens is 432 g/mol. The van der Waals surface area contributed by atoms with Crippen LogP contribution in [0.5, 0.6) is 0 Å². The van der Waals surface area contributed by atoms with Crippen LogP contribution in [0.3, 0.4) is 0 Å². The molecule has 0 fully saturated rings. The molecule has 0 N–H and O–H groups in total. The molecule has 0 aliphatic carbocycles. The van der Waals surface area contributed by atoms with Crippen LogP contribution in [-0.2, 0) is 5.41 Å². The summed E-state index contributed by atoms with van der Waals surface area (Å²) in [7, 11) is 0. The molecule has 0 saturated heterocycles. The van der Waals surface area contributed by atoms with Crippen LogP contribution >= 0.6 is 15.9 Å². The molecule has 0 saturated carbocycles. The molecule has 4 aromatic rings. The van der Waals surface area contributed by atoms with Crippen molar-refractivity contribution < 1.29 is 0 Å². The zero-order valence-corrected chi connectivity index (χ0v) is 19.1. The van der Waals surface area contributed by atoms with Gasteiger partial charge in [-0.05, 0) is 64.9 Å². The van der Waals surface area contributed by atoms with Gasteiger partial charge in [0.1, 0.15) is 0 Å². The summed E-state index contributed by atoms with van der Waals surface area (Å²) in [6.07, 6.45) is 2.91. The first kappa shape index (κ1) is 20.5. The monoisotopic (exact) mass is 456 g/mol. The molecule has 2 nitrogen and oxygen atoms in total. The summed E-state index contributed by atoms with van der Waals surface area (Å²) in [5, 5.41) is 0. The zero-order chi connectivity index (χ0) is 21.1. The number of hydrogen-bond acceptors (Lipinski definition) is 2. The van der Waals surface area contributed by atoms with Crippen LogP contribution in [0.1, 0.15) is 32.8 Å². The molecule has 0 aliphatic rings. The lowest BCUT2D eigenvalue weighted by molar-refractivity contribution is 0.506. The van der Waals surface area contributed by atoms with Gasteiger partial charge in [0.15, 0.2) is 0 Å². The van der Waals surface area contributed by atoms with Gasteiger partial charge in [0.05, 0.1) is 17.1 Å². The summed E-state index contributed by atoms with van der Waals surface area (Å²) in [5.41, 5.74) is 7.63. The van der Waals surface area contributed by atoms with Crippen molar-refractivity contribution in [2.45, 2.75) is 32.6 Å². The van der Waals surface area contributed by atoms with E-state index >= 15 is 0 Å². The highest BCUT2D eigenvalue weighted by Crippen LogP contribution is 2.32. The first-order valence-corrected chi connectivity index (χ1v) is 11.1. The van der Waals surface area contributed by atoms with Gasteiger partial charge in [0.2, 0.25) is 0 Å². The second-order valence-corrected chi connectivity index (χ2v) is 9.08. The first-order valence-electron chi connectivity index (χ1n) is 10.3. The van der Waals surface area contributed by atoms with E-state index in [1.807, 2.05) is 24.4 Å². The smallest absolute Gasteiger partial charge is 0.0899 e. The average Bonchev–Trinajstić information content (AvgIpc) is 2.80. The summed E-state index contributed by atoms with van der Waals surface area (Å²) in [6, 6.07) is 27.4. The lowest BCUT2D eigenvalue weighted by Crippen LogP contribution is -2.14. The van der Waals surface area contributed by atoms with E-state index in [0.717, 1.165) is 44.7 Å². The highest BCUT2D eigenvalue weighted by molar-refractivity contribution is 9.10. The molecule has 0 unspecified atom stereocenters. The van der Waals surface area contributed by atoms with Gasteiger partial charge in [0, 0.05) is 16.2 Å². The van der Waals surface area contributed by atoms with Gasteiger partial charge in [-0.3, -0.25) is 4.98 Å². The molecule has 2 aromatic carbocycles. The summed E-state index contributed by atoms with van der Waals surface area (Å²) in [5.74, 6) is 0. The number of rotatable bonds is 5. The SMILES string of the molecule is CCC(C)(C)c1ccc(-c2cc(-c3ccc(Br)cc3)cc(-c3ccccn3)n2)cc1. The Labute approximate surface area is 187 Å². The second-order valence-electron chi connectivity index (χ2n) is 8.16. The van der Waals surface area contributed by atoms with Crippen LogP contribution in [0.4, 0.5) is 0 Å². The molecule has 150 valence electrons. The fraction of sp³-hybridized carbons (Fsp3) is 0.185. The van der Waals surface area contributed by atoms with E-state index in [4.69, 9.17) is 4.98 Å². The highest BCUT2D eigenvalue weighted by Gasteiger charge is 2.18. The normalized spacial score (nSPS) is 11.5. The number of benzene rings is 2. The van der Waals surface area contributed by atoms with Gasteiger partial charge in [-0.1, -0.05) is 79.2 Å². The number of aromatic nitrogens is 2. The average molecular weight is 457 g/mol. The Balaban J connectivity index is 1.83. The van der Waals surface area contributed by atoms with Crippen LogP contribution in [-0.4, -0.2) is 9.97 Å². The zero-order valence-electron chi connectivity index (χ0n) is 17.6. The van der Waals surface area contributed by atoms with Gasteiger partial charge in [0.25, 0.3) is 0 Å². The maximum Gasteiger partial charge on any atom is 0.0899 e. The van der Waals surface area contributed by atoms with Crippen molar-refractivity contribution in [3.63, 3.8) is 0 Å². The molecule has 0 bridgehead atoms. The summed E-state index contributed by atoms with van der Waals surface area (Å²) in [6.45, 7) is 6.80. The Morgan fingerprint density at radius 2 is 1.40 bits per heavy atom. The van der Waals surface area contributed by atoms with Crippen molar-refractivity contribution in [3.05, 3.63) is 95.1 Å². The van der Waals surface area contributed by atoms with Crippen molar-refractivity contribution in [2.24, 2.45) is 0 Å². The maximum atomic E-state index is 4.96. The standard InChI is InChI=1S/C27H25BrN2/c1-4-27(2,3)22-12-8-20(9-13-22)25-17-21(19-10-14-23(28)15-11-19)18-26(30-25)24-7-5-6-16-29-24/h5-18H,4H2,1-3H3. The van der Waals surface area contributed by atoms with Crippen molar-refractivity contribution in [1.29, 1.82) is 0 Å². The quantitative estimate of drug-likeness (QED) is 0.304. The van der Waals surface area contributed by atoms with Crippen LogP contribution < -0.4 is 0 Å². The molecule has 0 aliphatic heterocycles. The molecule has 0 amide bonds. The third-order valence-corrected chi connectivity index (χ3v) is 6.30. The van der Waals surface area contributed by atoms with Crippen molar-refractivity contribution in [3.8, 4) is 33.8 Å². The summed E-state index contributed by atoms with van der Waals surface area (Å²) >= 11 is 3.53. The van der Waals surface area contributed by atoms with Gasteiger partial charge >= 0.3 is 0 Å². The van der Waals surface area contributed by atoms with E-state index in [1.54, 1.807) is 0 Å². The van der Waals surface area contributed by atoms with E-state index in [0.29, 0.717) is 0 Å². The van der Waals surface area contributed by atoms with E-state index in [1.165, 1.54) is 5.56 Å². The number of nitrogens with zero attached hydrogens (tertiary/aromatic N) is 2. The predicted octanol–water partition coefficient (Wildman–Crippen LogP) is 7.93. The minimum Gasteiger partial charge on any atom is -0.255 e. The molecule has 3 heteroatoms. The lowest BCUT2D eigenvalue weighted by Gasteiger charge is -2.23. The fourth-order valence-electron chi connectivity index (χ4n) is 3.43. The topological polar surface area (TPSA) is 25.8 Å². The Morgan fingerprint density at radius 1 is 0.733 bits per heavy atom. The maximum absolute atomic E-state index is 4.96. The van der Waals surface area contributed by atoms with E-state index in [9.17, 15) is 0 Å². The second kappa shape index (κ2) is 8.53. The number of pyridine rings is 2. The molecule has 0 radical (unpaired) electrons. The van der Waals surface area contributed by atoms with Crippen LogP contribution in [0.2, 0.25) is 0 Å². The van der Waals surface area contributed by atoms with Gasteiger partial charge in [-0.25, -0.2) is 4.98 Å². The lowest BCUT2D eigenvalue weighted by atomic mass is 9.82. The summed E-state index contributed by atoms with van der Waals surface area (Å²) in [4.78, 5) is 9.48. The fourth-order valence-corrected chi connectivity index (χ4v) is 3.69. The Hall–Kier alpha value is -2.78. The third-order valence-electron chi connectivity index (χ3n) is 5.78. The molecule has 0 spiro atoms. The highest BCUT2D eigenvalue weighted by atomic mass is 79.9. The molecule has 30 heavy (non-hydrogen) atoms. The predicted molar refractivity (Wildman–Crippen MR) is 129 cm³/mol. The van der Waals surface area contributed by atoms with Crippen LogP contribution in [0, 0.1) is 0 Å². The van der Waals surface area contributed by atoms with E-state index < -0.39 is 0 Å². The van der Waals surface area contributed by atoms with Crippen LogP contribution in [0.15, 0.2) is 89.5 Å². The third kappa shape index (κ3) is 4.36. The summed E-state index contributed by atoms with van der Waals surface area (Å²) < 4.78 is 1.07. The van der Waals surface area contributed by atoms with Gasteiger partial charge in [-0.15, -0.1) is 0 Å². The van der Waals surface area contributed by atoms with Gasteiger partial charge in [-0.2, -0.15) is 0 Å². The van der Waals surface area contributed by atoms with E-state index in [-0.39, 0.29) is 5.41 Å². The minimum atomic E-state index is 0.171. The number of halogens is 1. The first-order chi connectivity index (χ1) is 14.5. The van der Waals surface area contributed by atoms with Crippen LogP contribution in [0.25, 0.3) is 33.8 Å². The molecular formula is C27H25BrN2. The molecule has 4 rings (SSSR count). The van der Waals surface area contributed by atoms with Crippen molar-refractivity contribution >= 4 is 15.9 Å². The van der Waals surface area contributed by atoms with Crippen molar-refractivity contribution in [1.82, 2.24) is 9.97 Å². The Morgan fingerprint density at radius 3 is 2.03 bits per heavy atom. The molecule has 0 atom stereocenters. The molecule has 2 aromatic heterocycles. The van der Waals surface area contributed by atoms with Gasteiger partial charge < -0.3 is 0 Å².